The molecular formula is C10H11NO. The van der Waals surface area contributed by atoms with Crippen molar-refractivity contribution >= 4 is 12.4 Å². The minimum atomic E-state index is -0.0728. The van der Waals surface area contributed by atoms with Crippen LogP contribution in [0, 0.1) is 0 Å². The Balaban J connectivity index is 2.91. The fourth-order valence-electron chi connectivity index (χ4n) is 0.885. The number of pyridine rings is 1. The maximum atomic E-state index is 10.4. The van der Waals surface area contributed by atoms with E-state index in [4.69, 9.17) is 0 Å². The van der Waals surface area contributed by atoms with Crippen LogP contribution in [0.4, 0.5) is 0 Å². The molecule has 0 spiro atoms. The monoisotopic (exact) mass is 161 g/mol. The Labute approximate surface area is 71.9 Å². The Kier molecular flexibility index (Phi) is 2.75. The number of hydrogen-bond acceptors (Lipinski definition) is 2. The predicted octanol–water partition coefficient (Wildman–Crippen LogP) is 2.03. The van der Waals surface area contributed by atoms with Gasteiger partial charge in [0.05, 0.1) is 5.69 Å². The van der Waals surface area contributed by atoms with E-state index in [1.54, 1.807) is 12.3 Å². The molecule has 0 aromatic carbocycles. The summed E-state index contributed by atoms with van der Waals surface area (Å²) in [5, 5.41) is 0. The largest absolute Gasteiger partial charge is 0.303 e. The molecule has 1 rings (SSSR count). The van der Waals surface area contributed by atoms with Gasteiger partial charge < -0.3 is 4.79 Å². The zero-order chi connectivity index (χ0) is 8.97. The normalized spacial score (nSPS) is 12.1. The molecule has 1 unspecified atom stereocenters. The standard InChI is InChI=1S/C10H11NO/c1-3-10-5-4-9(6-11-10)8(2)7-12/h3-8H,1H2,2H3. The molecule has 0 saturated carbocycles. The number of hydrogen-bond donors (Lipinski definition) is 0. The molecule has 1 atom stereocenters. The highest BCUT2D eigenvalue weighted by Gasteiger charge is 2.02. The summed E-state index contributed by atoms with van der Waals surface area (Å²) in [6.45, 7) is 5.44. The lowest BCUT2D eigenvalue weighted by Crippen LogP contribution is -1.95. The van der Waals surface area contributed by atoms with E-state index in [0.29, 0.717) is 0 Å². The number of aromatic nitrogens is 1. The summed E-state index contributed by atoms with van der Waals surface area (Å²) in [4.78, 5) is 14.5. The second kappa shape index (κ2) is 3.81. The van der Waals surface area contributed by atoms with Crippen LogP contribution in [0.1, 0.15) is 24.1 Å². The van der Waals surface area contributed by atoms with Gasteiger partial charge in [-0.3, -0.25) is 4.98 Å². The smallest absolute Gasteiger partial charge is 0.127 e. The third-order valence-electron chi connectivity index (χ3n) is 1.75. The van der Waals surface area contributed by atoms with Gasteiger partial charge in [-0.15, -0.1) is 0 Å². The van der Waals surface area contributed by atoms with Crippen molar-refractivity contribution in [2.75, 3.05) is 0 Å². The van der Waals surface area contributed by atoms with Gasteiger partial charge in [0, 0.05) is 12.1 Å². The first-order chi connectivity index (χ1) is 5.77. The Morgan fingerprint density at radius 3 is 2.75 bits per heavy atom. The van der Waals surface area contributed by atoms with Crippen LogP contribution in [0.25, 0.3) is 6.08 Å². The second-order valence-corrected chi connectivity index (χ2v) is 2.65. The summed E-state index contributed by atoms with van der Waals surface area (Å²) in [6, 6.07) is 3.74. The molecule has 1 heterocycles. The van der Waals surface area contributed by atoms with E-state index in [1.165, 1.54) is 0 Å². The summed E-state index contributed by atoms with van der Waals surface area (Å²) >= 11 is 0. The first-order valence-electron chi connectivity index (χ1n) is 3.81. The average Bonchev–Trinajstić information content (AvgIpc) is 2.17. The van der Waals surface area contributed by atoms with Gasteiger partial charge in [0.15, 0.2) is 0 Å². The van der Waals surface area contributed by atoms with Gasteiger partial charge in [0.1, 0.15) is 6.29 Å². The number of nitrogens with zero attached hydrogens (tertiary/aromatic N) is 1. The van der Waals surface area contributed by atoms with Crippen LogP contribution in [0.3, 0.4) is 0 Å². The molecule has 0 bridgehead atoms. The van der Waals surface area contributed by atoms with E-state index in [2.05, 4.69) is 11.6 Å². The Hall–Kier alpha value is -1.44. The number of carbonyl (C=O) groups excluding carboxylic acids is 1. The van der Waals surface area contributed by atoms with Crippen molar-refractivity contribution in [3.63, 3.8) is 0 Å². The minimum Gasteiger partial charge on any atom is -0.303 e. The predicted molar refractivity (Wildman–Crippen MR) is 48.8 cm³/mol. The van der Waals surface area contributed by atoms with Crippen LogP contribution in [-0.2, 0) is 4.79 Å². The van der Waals surface area contributed by atoms with E-state index in [0.717, 1.165) is 17.5 Å². The highest BCUT2D eigenvalue weighted by Crippen LogP contribution is 2.11. The number of rotatable bonds is 3. The fourth-order valence-corrected chi connectivity index (χ4v) is 0.885. The summed E-state index contributed by atoms with van der Waals surface area (Å²) in [5.74, 6) is -0.0728. The van der Waals surface area contributed by atoms with Crippen LogP contribution >= 0.6 is 0 Å². The van der Waals surface area contributed by atoms with Crippen molar-refractivity contribution in [1.29, 1.82) is 0 Å². The maximum absolute atomic E-state index is 10.4. The first kappa shape index (κ1) is 8.65. The van der Waals surface area contributed by atoms with Gasteiger partial charge in [-0.05, 0) is 17.7 Å². The molecule has 0 N–H and O–H groups in total. The highest BCUT2D eigenvalue weighted by atomic mass is 16.1. The van der Waals surface area contributed by atoms with Crippen LogP contribution in [0.15, 0.2) is 24.9 Å². The van der Waals surface area contributed by atoms with E-state index < -0.39 is 0 Å². The molecule has 0 aliphatic carbocycles. The van der Waals surface area contributed by atoms with Crippen molar-refractivity contribution in [1.82, 2.24) is 4.98 Å². The summed E-state index contributed by atoms with van der Waals surface area (Å²) < 4.78 is 0. The summed E-state index contributed by atoms with van der Waals surface area (Å²) in [6.07, 6.45) is 4.29. The Bertz CT molecular complexity index is 276. The van der Waals surface area contributed by atoms with E-state index in [1.807, 2.05) is 19.1 Å². The van der Waals surface area contributed by atoms with Gasteiger partial charge >= 0.3 is 0 Å². The first-order valence-corrected chi connectivity index (χ1v) is 3.81. The highest BCUT2D eigenvalue weighted by molar-refractivity contribution is 5.61. The average molecular weight is 161 g/mol. The van der Waals surface area contributed by atoms with Crippen LogP contribution in [-0.4, -0.2) is 11.3 Å². The zero-order valence-electron chi connectivity index (χ0n) is 7.03. The van der Waals surface area contributed by atoms with Crippen molar-refractivity contribution in [2.45, 2.75) is 12.8 Å². The lowest BCUT2D eigenvalue weighted by Gasteiger charge is -2.02. The van der Waals surface area contributed by atoms with Gasteiger partial charge in [-0.2, -0.15) is 0 Å². The van der Waals surface area contributed by atoms with Crippen molar-refractivity contribution < 1.29 is 4.79 Å². The van der Waals surface area contributed by atoms with Gasteiger partial charge in [-0.1, -0.05) is 19.6 Å². The van der Waals surface area contributed by atoms with E-state index >= 15 is 0 Å². The molecule has 2 heteroatoms. The van der Waals surface area contributed by atoms with Gasteiger partial charge in [0.25, 0.3) is 0 Å². The molecule has 0 fully saturated rings. The number of carbonyl (C=O) groups is 1. The van der Waals surface area contributed by atoms with E-state index in [9.17, 15) is 4.79 Å². The molecule has 0 amide bonds. The molecule has 0 radical (unpaired) electrons. The SMILES string of the molecule is C=Cc1ccc(C(C)C=O)cn1. The topological polar surface area (TPSA) is 30.0 Å². The second-order valence-electron chi connectivity index (χ2n) is 2.65. The van der Waals surface area contributed by atoms with Crippen LogP contribution in [0.5, 0.6) is 0 Å². The maximum Gasteiger partial charge on any atom is 0.127 e. The quantitative estimate of drug-likeness (QED) is 0.635. The molecule has 0 aliphatic rings. The Morgan fingerprint density at radius 1 is 1.58 bits per heavy atom. The molecule has 1 aromatic rings. The fraction of sp³-hybridized carbons (Fsp3) is 0.200. The molecule has 2 nitrogen and oxygen atoms in total. The lowest BCUT2D eigenvalue weighted by atomic mass is 10.1. The zero-order valence-corrected chi connectivity index (χ0v) is 7.03. The lowest BCUT2D eigenvalue weighted by molar-refractivity contribution is -0.108. The molecule has 62 valence electrons. The van der Waals surface area contributed by atoms with Gasteiger partial charge in [-0.25, -0.2) is 0 Å². The van der Waals surface area contributed by atoms with Crippen molar-refractivity contribution in [2.24, 2.45) is 0 Å². The van der Waals surface area contributed by atoms with Crippen molar-refractivity contribution in [3.8, 4) is 0 Å². The van der Waals surface area contributed by atoms with Gasteiger partial charge in [0.2, 0.25) is 0 Å². The molecular weight excluding hydrogens is 150 g/mol. The summed E-state index contributed by atoms with van der Waals surface area (Å²) in [7, 11) is 0. The molecule has 1 aromatic heterocycles. The molecule has 12 heavy (non-hydrogen) atoms. The third kappa shape index (κ3) is 1.78. The van der Waals surface area contributed by atoms with Crippen LogP contribution < -0.4 is 0 Å². The third-order valence-corrected chi connectivity index (χ3v) is 1.75. The number of aldehydes is 1. The van der Waals surface area contributed by atoms with Crippen molar-refractivity contribution in [3.05, 3.63) is 36.2 Å². The summed E-state index contributed by atoms with van der Waals surface area (Å²) in [5.41, 5.74) is 1.77. The van der Waals surface area contributed by atoms with E-state index in [-0.39, 0.29) is 5.92 Å². The molecule has 0 saturated heterocycles. The van der Waals surface area contributed by atoms with Crippen LogP contribution in [0.2, 0.25) is 0 Å². The molecule has 0 aliphatic heterocycles. The minimum absolute atomic E-state index is 0.0728. The Morgan fingerprint density at radius 2 is 2.33 bits per heavy atom.